The van der Waals surface area contributed by atoms with Crippen LogP contribution in [0.2, 0.25) is 0 Å². The van der Waals surface area contributed by atoms with Crippen LogP contribution in [0.5, 0.6) is 0 Å². The Balaban J connectivity index is 1.43. The normalized spacial score (nSPS) is 14.0. The number of likely N-dealkylation sites (N-methyl/N-ethyl adjacent to an activating group) is 1. The predicted octanol–water partition coefficient (Wildman–Crippen LogP) is 2.80. The summed E-state index contributed by atoms with van der Waals surface area (Å²) in [6.07, 6.45) is 4.28. The quantitative estimate of drug-likeness (QED) is 0.404. The molecule has 0 unspecified atom stereocenters. The van der Waals surface area contributed by atoms with Gasteiger partial charge in [-0.15, -0.1) is 0 Å². The maximum atomic E-state index is 12.5. The Morgan fingerprint density at radius 3 is 2.56 bits per heavy atom. The third-order valence-corrected chi connectivity index (χ3v) is 6.05. The largest absolute Gasteiger partial charge is 0.369 e. The number of anilines is 4. The van der Waals surface area contributed by atoms with Gasteiger partial charge in [0.2, 0.25) is 11.9 Å². The molecule has 10 heteroatoms. The highest BCUT2D eigenvalue weighted by molar-refractivity contribution is 5.98. The van der Waals surface area contributed by atoms with Gasteiger partial charge in [0, 0.05) is 56.0 Å². The molecule has 0 aliphatic carbocycles. The second-order valence-corrected chi connectivity index (χ2v) is 8.52. The Kier molecular flexibility index (Phi) is 6.42. The molecule has 0 atom stereocenters. The lowest BCUT2D eigenvalue weighted by atomic mass is 10.2. The van der Waals surface area contributed by atoms with Crippen LogP contribution in [0, 0.1) is 0 Å². The Labute approximate surface area is 207 Å². The van der Waals surface area contributed by atoms with Gasteiger partial charge in [-0.3, -0.25) is 14.2 Å². The third kappa shape index (κ3) is 4.93. The van der Waals surface area contributed by atoms with Crippen molar-refractivity contribution in [2.45, 2.75) is 0 Å². The van der Waals surface area contributed by atoms with Crippen LogP contribution in [0.1, 0.15) is 0 Å². The maximum Gasteiger partial charge on any atom is 0.248 e. The molecule has 0 spiro atoms. The van der Waals surface area contributed by atoms with Crippen molar-refractivity contribution in [1.29, 1.82) is 0 Å². The molecule has 1 saturated heterocycles. The summed E-state index contributed by atoms with van der Waals surface area (Å²) < 4.78 is 1.68. The van der Waals surface area contributed by atoms with Crippen molar-refractivity contribution in [3.05, 3.63) is 83.8 Å². The molecular weight excluding hydrogens is 456 g/mol. The van der Waals surface area contributed by atoms with Gasteiger partial charge in [0.1, 0.15) is 11.6 Å². The Morgan fingerprint density at radius 1 is 1.03 bits per heavy atom. The van der Waals surface area contributed by atoms with E-state index in [9.17, 15) is 9.59 Å². The van der Waals surface area contributed by atoms with E-state index in [0.717, 1.165) is 31.9 Å². The minimum atomic E-state index is -0.364. The molecule has 2 N–H and O–H groups in total. The SMILES string of the molecule is C=CC(=O)Nc1cccc(-n2ccc(=O)c3cnc(Nc4ccc(N5CCN(C)CC5)cc4)nc32)n1. The topological polar surface area (TPSA) is 108 Å². The number of benzene rings is 1. The van der Waals surface area contributed by atoms with Gasteiger partial charge in [-0.25, -0.2) is 9.97 Å². The summed E-state index contributed by atoms with van der Waals surface area (Å²) in [6, 6.07) is 14.8. The number of hydrogen-bond donors (Lipinski definition) is 2. The number of carbonyl (C=O) groups is 1. The molecule has 1 aliphatic heterocycles. The fraction of sp³-hybridized carbons (Fsp3) is 0.192. The highest BCUT2D eigenvalue weighted by atomic mass is 16.1. The standard InChI is InChI=1S/C26H26N8O2/c1-3-24(36)30-22-5-4-6-23(29-22)34-12-11-21(35)20-17-27-26(31-25(20)34)28-18-7-9-19(10-8-18)33-15-13-32(2)14-16-33/h3-12,17H,1,13-16H2,2H3,(H,27,28,31)(H,29,30,36). The van der Waals surface area contributed by atoms with E-state index in [1.165, 1.54) is 24.0 Å². The second-order valence-electron chi connectivity index (χ2n) is 8.52. The number of pyridine rings is 2. The number of amides is 1. The summed E-state index contributed by atoms with van der Waals surface area (Å²) in [7, 11) is 2.14. The van der Waals surface area contributed by atoms with E-state index < -0.39 is 0 Å². The van der Waals surface area contributed by atoms with Crippen LogP contribution in [-0.4, -0.2) is 63.6 Å². The van der Waals surface area contributed by atoms with Crippen LogP contribution in [0.25, 0.3) is 16.9 Å². The number of nitrogens with one attached hydrogen (secondary N) is 2. The van der Waals surface area contributed by atoms with Crippen molar-refractivity contribution >= 4 is 40.1 Å². The molecule has 0 radical (unpaired) electrons. The predicted molar refractivity (Wildman–Crippen MR) is 141 cm³/mol. The molecule has 182 valence electrons. The van der Waals surface area contributed by atoms with Crippen LogP contribution in [0.3, 0.4) is 0 Å². The van der Waals surface area contributed by atoms with E-state index in [4.69, 9.17) is 0 Å². The Morgan fingerprint density at radius 2 is 1.81 bits per heavy atom. The third-order valence-electron chi connectivity index (χ3n) is 6.05. The summed E-state index contributed by atoms with van der Waals surface area (Å²) >= 11 is 0. The highest BCUT2D eigenvalue weighted by Crippen LogP contribution is 2.22. The molecule has 1 amide bonds. The van der Waals surface area contributed by atoms with Crippen molar-refractivity contribution < 1.29 is 4.79 Å². The smallest absolute Gasteiger partial charge is 0.248 e. The molecule has 4 heterocycles. The van der Waals surface area contributed by atoms with Crippen LogP contribution in [0.4, 0.5) is 23.1 Å². The zero-order valence-corrected chi connectivity index (χ0v) is 19.9. The molecule has 10 nitrogen and oxygen atoms in total. The fourth-order valence-electron chi connectivity index (χ4n) is 4.03. The maximum absolute atomic E-state index is 12.5. The first kappa shape index (κ1) is 23.2. The van der Waals surface area contributed by atoms with Crippen LogP contribution in [-0.2, 0) is 4.79 Å². The molecule has 4 aromatic rings. The summed E-state index contributed by atoms with van der Waals surface area (Å²) in [5.74, 6) is 0.835. The number of hydrogen-bond acceptors (Lipinski definition) is 8. The molecule has 36 heavy (non-hydrogen) atoms. The molecule has 1 aliphatic rings. The number of carbonyl (C=O) groups excluding carboxylic acids is 1. The van der Waals surface area contributed by atoms with E-state index in [1.54, 1.807) is 29.0 Å². The van der Waals surface area contributed by atoms with Gasteiger partial charge in [-0.2, -0.15) is 4.98 Å². The lowest BCUT2D eigenvalue weighted by molar-refractivity contribution is -0.111. The van der Waals surface area contributed by atoms with Gasteiger partial charge in [0.25, 0.3) is 0 Å². The first-order valence-electron chi connectivity index (χ1n) is 11.6. The van der Waals surface area contributed by atoms with Crippen LogP contribution >= 0.6 is 0 Å². The van der Waals surface area contributed by atoms with Gasteiger partial charge in [0.15, 0.2) is 11.1 Å². The van der Waals surface area contributed by atoms with Gasteiger partial charge < -0.3 is 20.4 Å². The van der Waals surface area contributed by atoms with E-state index in [1.807, 2.05) is 12.1 Å². The number of fused-ring (bicyclic) bond motifs is 1. The summed E-state index contributed by atoms with van der Waals surface area (Å²) in [6.45, 7) is 7.55. The summed E-state index contributed by atoms with van der Waals surface area (Å²) in [4.78, 5) is 42.3. The lowest BCUT2D eigenvalue weighted by Crippen LogP contribution is -2.44. The van der Waals surface area contributed by atoms with Crippen molar-refractivity contribution in [1.82, 2.24) is 24.4 Å². The zero-order chi connectivity index (χ0) is 25.1. The number of rotatable bonds is 6. The molecule has 1 aromatic carbocycles. The van der Waals surface area contributed by atoms with E-state index >= 15 is 0 Å². The molecule has 0 saturated carbocycles. The first-order chi connectivity index (χ1) is 17.5. The van der Waals surface area contributed by atoms with E-state index in [2.05, 4.69) is 61.1 Å². The number of aromatic nitrogens is 4. The second kappa shape index (κ2) is 9.96. The average molecular weight is 483 g/mol. The van der Waals surface area contributed by atoms with Crippen molar-refractivity contribution in [2.24, 2.45) is 0 Å². The Bertz CT molecular complexity index is 1470. The lowest BCUT2D eigenvalue weighted by Gasteiger charge is -2.34. The van der Waals surface area contributed by atoms with Gasteiger partial charge in [0.05, 0.1) is 5.39 Å². The summed E-state index contributed by atoms with van der Waals surface area (Å²) in [5.41, 5.74) is 2.22. The molecule has 1 fully saturated rings. The number of piperazine rings is 1. The first-order valence-corrected chi connectivity index (χ1v) is 11.6. The van der Waals surface area contributed by atoms with Crippen LogP contribution < -0.4 is 21.0 Å². The molecule has 5 rings (SSSR count). The molecular formula is C26H26N8O2. The van der Waals surface area contributed by atoms with E-state index in [0.29, 0.717) is 28.6 Å². The van der Waals surface area contributed by atoms with Gasteiger partial charge in [-0.05, 0) is 49.5 Å². The minimum Gasteiger partial charge on any atom is -0.369 e. The van der Waals surface area contributed by atoms with Crippen molar-refractivity contribution in [2.75, 3.05) is 48.8 Å². The van der Waals surface area contributed by atoms with E-state index in [-0.39, 0.29) is 11.3 Å². The van der Waals surface area contributed by atoms with Crippen molar-refractivity contribution in [3.8, 4) is 5.82 Å². The minimum absolute atomic E-state index is 0.194. The highest BCUT2D eigenvalue weighted by Gasteiger charge is 2.14. The fourth-order valence-corrected chi connectivity index (χ4v) is 4.03. The van der Waals surface area contributed by atoms with Gasteiger partial charge >= 0.3 is 0 Å². The Hall–Kier alpha value is -4.57. The molecule has 0 bridgehead atoms. The number of nitrogens with zero attached hydrogens (tertiary/aromatic N) is 6. The average Bonchev–Trinajstić information content (AvgIpc) is 2.90. The van der Waals surface area contributed by atoms with Crippen molar-refractivity contribution in [3.63, 3.8) is 0 Å². The monoisotopic (exact) mass is 482 g/mol. The van der Waals surface area contributed by atoms with Crippen LogP contribution in [0.15, 0.2) is 78.4 Å². The zero-order valence-electron chi connectivity index (χ0n) is 19.9. The van der Waals surface area contributed by atoms with Gasteiger partial charge in [-0.1, -0.05) is 12.6 Å². The summed E-state index contributed by atoms with van der Waals surface area (Å²) in [5, 5.41) is 6.22. The molecule has 3 aromatic heterocycles.